The van der Waals surface area contributed by atoms with E-state index in [-0.39, 0.29) is 17.9 Å². The Morgan fingerprint density at radius 3 is 2.86 bits per heavy atom. The van der Waals surface area contributed by atoms with Gasteiger partial charge in [-0.3, -0.25) is 9.59 Å². The fourth-order valence-electron chi connectivity index (χ4n) is 1.87. The van der Waals surface area contributed by atoms with Gasteiger partial charge in [0.1, 0.15) is 11.9 Å². The van der Waals surface area contributed by atoms with E-state index in [1.807, 2.05) is 6.92 Å². The topological polar surface area (TPSA) is 83.1 Å². The zero-order chi connectivity index (χ0) is 15.2. The van der Waals surface area contributed by atoms with Gasteiger partial charge >= 0.3 is 0 Å². The number of anilines is 1. The van der Waals surface area contributed by atoms with Gasteiger partial charge in [0.05, 0.1) is 5.56 Å². The van der Waals surface area contributed by atoms with Crippen LogP contribution in [0.25, 0.3) is 0 Å². The summed E-state index contributed by atoms with van der Waals surface area (Å²) >= 11 is 0. The zero-order valence-electron chi connectivity index (χ0n) is 12.5. The number of aromatic nitrogens is 1. The fourth-order valence-corrected chi connectivity index (χ4v) is 1.87. The quantitative estimate of drug-likeness (QED) is 0.707. The molecule has 2 amide bonds. The average Bonchev–Trinajstić information content (AvgIpc) is 3.29. The Balaban J connectivity index is 1.96. The third-order valence-electron chi connectivity index (χ3n) is 3.26. The number of amides is 2. The Morgan fingerprint density at radius 2 is 2.19 bits per heavy atom. The van der Waals surface area contributed by atoms with Crippen LogP contribution in [0.1, 0.15) is 43.5 Å². The first kappa shape index (κ1) is 15.3. The van der Waals surface area contributed by atoms with Crippen LogP contribution < -0.4 is 16.0 Å². The maximum Gasteiger partial charge on any atom is 0.255 e. The highest BCUT2D eigenvalue weighted by atomic mass is 16.2. The first-order valence-corrected chi connectivity index (χ1v) is 7.42. The summed E-state index contributed by atoms with van der Waals surface area (Å²) in [5.41, 5.74) is 0.456. The lowest BCUT2D eigenvalue weighted by molar-refractivity contribution is -0.122. The van der Waals surface area contributed by atoms with Crippen molar-refractivity contribution in [2.45, 2.75) is 45.2 Å². The van der Waals surface area contributed by atoms with Crippen LogP contribution in [0.4, 0.5) is 5.82 Å². The first-order chi connectivity index (χ1) is 10.1. The molecule has 0 saturated heterocycles. The smallest absolute Gasteiger partial charge is 0.255 e. The van der Waals surface area contributed by atoms with Crippen molar-refractivity contribution in [1.29, 1.82) is 0 Å². The van der Waals surface area contributed by atoms with Crippen molar-refractivity contribution >= 4 is 17.6 Å². The molecule has 1 unspecified atom stereocenters. The lowest BCUT2D eigenvalue weighted by Gasteiger charge is -2.15. The Bertz CT molecular complexity index is 514. The van der Waals surface area contributed by atoms with E-state index in [9.17, 15) is 9.59 Å². The van der Waals surface area contributed by atoms with E-state index in [1.54, 1.807) is 25.3 Å². The average molecular weight is 290 g/mol. The molecular formula is C15H22N4O2. The summed E-state index contributed by atoms with van der Waals surface area (Å²) in [6, 6.07) is 3.14. The van der Waals surface area contributed by atoms with Gasteiger partial charge in [-0.2, -0.15) is 0 Å². The molecule has 114 valence electrons. The van der Waals surface area contributed by atoms with Crippen molar-refractivity contribution in [3.05, 3.63) is 23.9 Å². The Morgan fingerprint density at radius 1 is 1.43 bits per heavy atom. The predicted molar refractivity (Wildman–Crippen MR) is 81.1 cm³/mol. The molecule has 0 spiro atoms. The summed E-state index contributed by atoms with van der Waals surface area (Å²) < 4.78 is 0. The molecule has 1 saturated carbocycles. The van der Waals surface area contributed by atoms with E-state index in [1.165, 1.54) is 0 Å². The zero-order valence-corrected chi connectivity index (χ0v) is 12.5. The van der Waals surface area contributed by atoms with E-state index < -0.39 is 6.04 Å². The highest BCUT2D eigenvalue weighted by Gasteiger charge is 2.26. The number of nitrogens with zero attached hydrogens (tertiary/aromatic N) is 1. The van der Waals surface area contributed by atoms with Crippen LogP contribution in [0.15, 0.2) is 18.3 Å². The van der Waals surface area contributed by atoms with Gasteiger partial charge in [0.25, 0.3) is 5.91 Å². The number of rotatable bonds is 7. The molecule has 1 atom stereocenters. The molecule has 0 radical (unpaired) electrons. The molecule has 6 heteroatoms. The van der Waals surface area contributed by atoms with Gasteiger partial charge < -0.3 is 16.0 Å². The molecule has 1 fully saturated rings. The molecule has 2 rings (SSSR count). The van der Waals surface area contributed by atoms with Crippen molar-refractivity contribution in [3.63, 3.8) is 0 Å². The summed E-state index contributed by atoms with van der Waals surface area (Å²) in [5.74, 6) is 0.115. The van der Waals surface area contributed by atoms with E-state index >= 15 is 0 Å². The van der Waals surface area contributed by atoms with Crippen LogP contribution in [0.2, 0.25) is 0 Å². The predicted octanol–water partition coefficient (Wildman–Crippen LogP) is 1.30. The molecule has 6 nitrogen and oxygen atoms in total. The first-order valence-electron chi connectivity index (χ1n) is 7.42. The highest BCUT2D eigenvalue weighted by molar-refractivity contribution is 6.01. The second kappa shape index (κ2) is 7.06. The lowest BCUT2D eigenvalue weighted by atomic mass is 10.2. The molecule has 1 heterocycles. The second-order valence-electron chi connectivity index (χ2n) is 5.30. The van der Waals surface area contributed by atoms with Gasteiger partial charge in [-0.15, -0.1) is 0 Å². The molecular weight excluding hydrogens is 268 g/mol. The molecule has 0 aliphatic heterocycles. The van der Waals surface area contributed by atoms with E-state index in [0.717, 1.165) is 25.8 Å². The summed E-state index contributed by atoms with van der Waals surface area (Å²) in [6.45, 7) is 4.47. The van der Waals surface area contributed by atoms with Crippen molar-refractivity contribution in [1.82, 2.24) is 15.6 Å². The number of carbonyl (C=O) groups excluding carboxylic acids is 2. The number of hydrogen-bond donors (Lipinski definition) is 3. The monoisotopic (exact) mass is 290 g/mol. The number of carbonyl (C=O) groups is 2. The van der Waals surface area contributed by atoms with Gasteiger partial charge in [0.15, 0.2) is 0 Å². The summed E-state index contributed by atoms with van der Waals surface area (Å²) in [5, 5.41) is 8.71. The Labute approximate surface area is 124 Å². The maximum absolute atomic E-state index is 12.3. The van der Waals surface area contributed by atoms with Crippen LogP contribution in [-0.4, -0.2) is 35.4 Å². The van der Waals surface area contributed by atoms with Gasteiger partial charge in [-0.1, -0.05) is 6.92 Å². The maximum atomic E-state index is 12.3. The fraction of sp³-hybridized carbons (Fsp3) is 0.533. The molecule has 21 heavy (non-hydrogen) atoms. The van der Waals surface area contributed by atoms with Crippen molar-refractivity contribution in [3.8, 4) is 0 Å². The number of hydrogen-bond acceptors (Lipinski definition) is 4. The Kier molecular flexibility index (Phi) is 5.14. The minimum absolute atomic E-state index is 0.141. The van der Waals surface area contributed by atoms with Crippen LogP contribution in [0.3, 0.4) is 0 Å². The van der Waals surface area contributed by atoms with Gasteiger partial charge in [-0.05, 0) is 38.3 Å². The lowest BCUT2D eigenvalue weighted by Crippen LogP contribution is -2.45. The summed E-state index contributed by atoms with van der Waals surface area (Å²) in [7, 11) is 0. The van der Waals surface area contributed by atoms with Crippen molar-refractivity contribution in [2.75, 3.05) is 11.9 Å². The molecule has 1 aromatic rings. The molecule has 1 aromatic heterocycles. The SMILES string of the molecule is CCCNc1ncccc1C(=O)NC(C)C(=O)NC1CC1. The minimum atomic E-state index is -0.558. The third-order valence-corrected chi connectivity index (χ3v) is 3.26. The van der Waals surface area contributed by atoms with Crippen molar-refractivity contribution in [2.24, 2.45) is 0 Å². The molecule has 0 bridgehead atoms. The number of pyridine rings is 1. The largest absolute Gasteiger partial charge is 0.369 e. The van der Waals surface area contributed by atoms with Crippen LogP contribution in [-0.2, 0) is 4.79 Å². The van der Waals surface area contributed by atoms with Crippen LogP contribution in [0, 0.1) is 0 Å². The molecule has 3 N–H and O–H groups in total. The van der Waals surface area contributed by atoms with Gasteiger partial charge in [0.2, 0.25) is 5.91 Å². The van der Waals surface area contributed by atoms with E-state index in [4.69, 9.17) is 0 Å². The molecule has 1 aliphatic carbocycles. The van der Waals surface area contributed by atoms with Gasteiger partial charge in [0, 0.05) is 18.8 Å². The second-order valence-corrected chi connectivity index (χ2v) is 5.30. The summed E-state index contributed by atoms with van der Waals surface area (Å²) in [4.78, 5) is 28.3. The minimum Gasteiger partial charge on any atom is -0.369 e. The normalized spacial score (nSPS) is 15.1. The number of nitrogens with one attached hydrogen (secondary N) is 3. The highest BCUT2D eigenvalue weighted by Crippen LogP contribution is 2.18. The Hall–Kier alpha value is -2.11. The van der Waals surface area contributed by atoms with Crippen LogP contribution >= 0.6 is 0 Å². The van der Waals surface area contributed by atoms with E-state index in [0.29, 0.717) is 11.4 Å². The third kappa shape index (κ3) is 4.44. The van der Waals surface area contributed by atoms with Crippen molar-refractivity contribution < 1.29 is 9.59 Å². The van der Waals surface area contributed by atoms with E-state index in [2.05, 4.69) is 20.9 Å². The van der Waals surface area contributed by atoms with Crippen LogP contribution in [0.5, 0.6) is 0 Å². The molecule has 0 aromatic carbocycles. The van der Waals surface area contributed by atoms with Gasteiger partial charge in [-0.25, -0.2) is 4.98 Å². The molecule has 1 aliphatic rings. The summed E-state index contributed by atoms with van der Waals surface area (Å²) in [6.07, 6.45) is 4.63. The standard InChI is InChI=1S/C15H22N4O2/c1-3-8-16-13-12(5-4-9-17-13)15(21)18-10(2)14(20)19-11-6-7-11/h4-5,9-11H,3,6-8H2,1-2H3,(H,16,17)(H,18,21)(H,19,20).